The molecular weight excluding hydrogens is 394 g/mol. The van der Waals surface area contributed by atoms with Gasteiger partial charge in [-0.3, -0.25) is 9.36 Å². The van der Waals surface area contributed by atoms with Gasteiger partial charge in [-0.05, 0) is 43.6 Å². The van der Waals surface area contributed by atoms with Gasteiger partial charge in [0.25, 0.3) is 0 Å². The lowest BCUT2D eigenvalue weighted by atomic mass is 10.00. The van der Waals surface area contributed by atoms with E-state index in [2.05, 4.69) is 44.6 Å². The monoisotopic (exact) mass is 423 g/mol. The Morgan fingerprint density at radius 3 is 2.73 bits per heavy atom. The smallest absolute Gasteiger partial charge is 0.228 e. The number of aryl methyl sites for hydroxylation is 1. The number of piperidine rings is 1. The Morgan fingerprint density at radius 2 is 2.00 bits per heavy atom. The normalized spacial score (nSPS) is 17.7. The summed E-state index contributed by atoms with van der Waals surface area (Å²) in [5, 5.41) is 10.9. The molecule has 30 heavy (non-hydrogen) atoms. The second-order valence-corrected chi connectivity index (χ2v) is 9.60. The summed E-state index contributed by atoms with van der Waals surface area (Å²) in [6.45, 7) is 6.55. The van der Waals surface area contributed by atoms with Gasteiger partial charge in [0.05, 0.1) is 5.75 Å². The zero-order chi connectivity index (χ0) is 20.7. The molecule has 1 saturated carbocycles. The maximum Gasteiger partial charge on any atom is 0.228 e. The van der Waals surface area contributed by atoms with Crippen molar-refractivity contribution >= 4 is 34.4 Å². The third-order valence-corrected chi connectivity index (χ3v) is 7.38. The van der Waals surface area contributed by atoms with Crippen LogP contribution in [0.4, 0.5) is 5.95 Å². The number of nitrogens with zero attached hydrogens (tertiary/aromatic N) is 4. The van der Waals surface area contributed by atoms with Crippen molar-refractivity contribution in [3.63, 3.8) is 0 Å². The van der Waals surface area contributed by atoms with Crippen molar-refractivity contribution in [2.75, 3.05) is 23.7 Å². The predicted octanol–water partition coefficient (Wildman–Crippen LogP) is 4.87. The minimum atomic E-state index is 0.137. The molecule has 6 nitrogen and oxygen atoms in total. The number of H-pyrrole nitrogens is 1. The second-order valence-electron chi connectivity index (χ2n) is 8.66. The summed E-state index contributed by atoms with van der Waals surface area (Å²) in [7, 11) is 0. The van der Waals surface area contributed by atoms with Crippen LogP contribution in [0.1, 0.15) is 61.5 Å². The molecule has 0 amide bonds. The Labute approximate surface area is 181 Å². The molecule has 0 radical (unpaired) electrons. The fraction of sp³-hybridized carbons (Fsp3) is 0.522. The summed E-state index contributed by atoms with van der Waals surface area (Å²) >= 11 is 1.52. The molecule has 2 aromatic heterocycles. The van der Waals surface area contributed by atoms with E-state index in [1.807, 2.05) is 18.3 Å². The number of hydrogen-bond donors (Lipinski definition) is 1. The first-order valence-corrected chi connectivity index (χ1v) is 12.1. The summed E-state index contributed by atoms with van der Waals surface area (Å²) in [6.07, 6.45) is 7.58. The third kappa shape index (κ3) is 3.64. The van der Waals surface area contributed by atoms with Gasteiger partial charge in [0, 0.05) is 41.8 Å². The van der Waals surface area contributed by atoms with Gasteiger partial charge in [0.2, 0.25) is 5.95 Å². The number of benzene rings is 1. The number of para-hydroxylation sites is 1. The summed E-state index contributed by atoms with van der Waals surface area (Å²) in [5.41, 5.74) is 3.10. The van der Waals surface area contributed by atoms with E-state index in [-0.39, 0.29) is 5.78 Å². The first-order valence-electron chi connectivity index (χ1n) is 11.1. The molecule has 0 atom stereocenters. The van der Waals surface area contributed by atoms with E-state index >= 15 is 0 Å². The van der Waals surface area contributed by atoms with Crippen LogP contribution in [0.3, 0.4) is 0 Å². The van der Waals surface area contributed by atoms with E-state index < -0.39 is 0 Å². The number of fused-ring (bicyclic) bond motifs is 1. The fourth-order valence-electron chi connectivity index (χ4n) is 4.39. The molecule has 7 heteroatoms. The van der Waals surface area contributed by atoms with Crippen LogP contribution in [0, 0.1) is 5.92 Å². The van der Waals surface area contributed by atoms with Crippen molar-refractivity contribution in [3.05, 3.63) is 35.5 Å². The molecule has 3 heterocycles. The number of nitrogens with one attached hydrogen (secondary N) is 1. The zero-order valence-corrected chi connectivity index (χ0v) is 18.5. The van der Waals surface area contributed by atoms with E-state index in [1.165, 1.54) is 43.0 Å². The molecule has 0 unspecified atom stereocenters. The lowest BCUT2D eigenvalue weighted by molar-refractivity contribution is 0.102. The van der Waals surface area contributed by atoms with E-state index in [4.69, 9.17) is 0 Å². The van der Waals surface area contributed by atoms with Crippen LogP contribution in [-0.2, 0) is 6.42 Å². The summed E-state index contributed by atoms with van der Waals surface area (Å²) in [4.78, 5) is 18.7. The largest absolute Gasteiger partial charge is 0.360 e. The highest BCUT2D eigenvalue weighted by Crippen LogP contribution is 2.41. The number of anilines is 1. The molecule has 0 spiro atoms. The molecule has 1 aliphatic heterocycles. The molecule has 1 aromatic carbocycles. The molecule has 0 bridgehead atoms. The maximum absolute atomic E-state index is 13.0. The molecule has 1 aliphatic carbocycles. The highest BCUT2D eigenvalue weighted by atomic mass is 32.2. The predicted molar refractivity (Wildman–Crippen MR) is 122 cm³/mol. The third-order valence-electron chi connectivity index (χ3n) is 6.44. The molecule has 1 N–H and O–H groups in total. The lowest BCUT2D eigenvalue weighted by Crippen LogP contribution is -2.34. The number of aromatic nitrogens is 4. The highest BCUT2D eigenvalue weighted by molar-refractivity contribution is 7.99. The SMILES string of the molecule is CCc1cccc2c(C(=O)CSc3nnc(N4CCC(C)CC4)n3C3CC3)c[nH]c12. The first kappa shape index (κ1) is 19.7. The average molecular weight is 424 g/mol. The summed E-state index contributed by atoms with van der Waals surface area (Å²) in [5.74, 6) is 2.30. The van der Waals surface area contributed by atoms with E-state index in [1.54, 1.807) is 0 Å². The van der Waals surface area contributed by atoms with E-state index in [0.717, 1.165) is 53.0 Å². The number of aromatic amines is 1. The van der Waals surface area contributed by atoms with Crippen LogP contribution in [0.2, 0.25) is 0 Å². The van der Waals surface area contributed by atoms with Crippen molar-refractivity contribution in [2.45, 2.75) is 57.1 Å². The maximum atomic E-state index is 13.0. The van der Waals surface area contributed by atoms with Crippen molar-refractivity contribution in [1.82, 2.24) is 19.7 Å². The number of ketones is 1. The number of hydrogen-bond acceptors (Lipinski definition) is 5. The number of rotatable bonds is 7. The molecule has 158 valence electrons. The van der Waals surface area contributed by atoms with Gasteiger partial charge in [0.1, 0.15) is 0 Å². The topological polar surface area (TPSA) is 66.8 Å². The molecular formula is C23H29N5OS. The van der Waals surface area contributed by atoms with Gasteiger partial charge < -0.3 is 9.88 Å². The zero-order valence-electron chi connectivity index (χ0n) is 17.7. The Bertz CT molecular complexity index is 1060. The minimum absolute atomic E-state index is 0.137. The van der Waals surface area contributed by atoms with Gasteiger partial charge in [-0.1, -0.05) is 43.8 Å². The Hall–Kier alpha value is -2.28. The second kappa shape index (κ2) is 8.10. The van der Waals surface area contributed by atoms with Gasteiger partial charge >= 0.3 is 0 Å². The first-order chi connectivity index (χ1) is 14.7. The molecule has 3 aromatic rings. The summed E-state index contributed by atoms with van der Waals surface area (Å²) in [6, 6.07) is 6.68. The standard InChI is InChI=1S/C23H29N5OS/c1-3-16-5-4-6-18-19(13-24-21(16)18)20(29)14-30-23-26-25-22(28(23)17-7-8-17)27-11-9-15(2)10-12-27/h4-6,13,15,17,24H,3,7-12,14H2,1-2H3. The van der Waals surface area contributed by atoms with Crippen molar-refractivity contribution in [2.24, 2.45) is 5.92 Å². The van der Waals surface area contributed by atoms with Crippen LogP contribution < -0.4 is 4.90 Å². The van der Waals surface area contributed by atoms with Crippen molar-refractivity contribution in [3.8, 4) is 0 Å². The molecule has 1 saturated heterocycles. The lowest BCUT2D eigenvalue weighted by Gasteiger charge is -2.31. The van der Waals surface area contributed by atoms with Gasteiger partial charge in [-0.2, -0.15) is 0 Å². The van der Waals surface area contributed by atoms with E-state index in [9.17, 15) is 4.79 Å². The van der Waals surface area contributed by atoms with Crippen LogP contribution in [0.5, 0.6) is 0 Å². The van der Waals surface area contributed by atoms with Gasteiger partial charge in [0.15, 0.2) is 10.9 Å². The fourth-order valence-corrected chi connectivity index (χ4v) is 5.28. The van der Waals surface area contributed by atoms with Gasteiger partial charge in [-0.15, -0.1) is 10.2 Å². The van der Waals surface area contributed by atoms with E-state index in [0.29, 0.717) is 11.8 Å². The number of carbonyl (C=O) groups excluding carboxylic acids is 1. The van der Waals surface area contributed by atoms with Gasteiger partial charge in [-0.25, -0.2) is 0 Å². The number of thioether (sulfide) groups is 1. The van der Waals surface area contributed by atoms with Crippen LogP contribution in [-0.4, -0.2) is 44.4 Å². The average Bonchev–Trinajstić information content (AvgIpc) is 3.36. The molecule has 5 rings (SSSR count). The van der Waals surface area contributed by atoms with Crippen molar-refractivity contribution < 1.29 is 4.79 Å². The van der Waals surface area contributed by atoms with Crippen molar-refractivity contribution in [1.29, 1.82) is 0 Å². The number of Topliss-reactive ketones (excluding diaryl/α,β-unsaturated/α-hetero) is 1. The van der Waals surface area contributed by atoms with Crippen LogP contribution in [0.15, 0.2) is 29.6 Å². The Morgan fingerprint density at radius 1 is 1.20 bits per heavy atom. The minimum Gasteiger partial charge on any atom is -0.360 e. The van der Waals surface area contributed by atoms with Crippen LogP contribution in [0.25, 0.3) is 10.9 Å². The Balaban J connectivity index is 1.34. The molecule has 2 aliphatic rings. The Kier molecular flexibility index (Phi) is 5.31. The molecule has 2 fully saturated rings. The quantitative estimate of drug-likeness (QED) is 0.434. The summed E-state index contributed by atoms with van der Waals surface area (Å²) < 4.78 is 2.29. The highest BCUT2D eigenvalue weighted by Gasteiger charge is 2.32. The van der Waals surface area contributed by atoms with Crippen LogP contribution >= 0.6 is 11.8 Å². The number of carbonyl (C=O) groups is 1.